The van der Waals surface area contributed by atoms with Crippen LogP contribution in [0.1, 0.15) is 19.3 Å². The average Bonchev–Trinajstić information content (AvgIpc) is 2.78. The topological polar surface area (TPSA) is 20.2 Å². The highest BCUT2D eigenvalue weighted by Gasteiger charge is 2.60. The predicted molar refractivity (Wildman–Crippen MR) is 49.9 cm³/mol. The lowest BCUT2D eigenvalue weighted by atomic mass is 9.72. The van der Waals surface area contributed by atoms with Crippen LogP contribution in [0, 0.1) is 35.5 Å². The average molecular weight is 176 g/mol. The van der Waals surface area contributed by atoms with Crippen molar-refractivity contribution in [1.82, 2.24) is 0 Å². The zero-order valence-corrected chi connectivity index (χ0v) is 7.76. The largest absolute Gasteiger partial charge is 0.393 e. The van der Waals surface area contributed by atoms with Crippen molar-refractivity contribution >= 4 is 0 Å². The second-order valence-corrected chi connectivity index (χ2v) is 5.57. The molecular formula is C12H16O. The van der Waals surface area contributed by atoms with Crippen LogP contribution in [0.25, 0.3) is 0 Å². The third-order valence-electron chi connectivity index (χ3n) is 5.24. The van der Waals surface area contributed by atoms with Crippen LogP contribution in [0.5, 0.6) is 0 Å². The number of hydrogen-bond acceptors (Lipinski definition) is 1. The summed E-state index contributed by atoms with van der Waals surface area (Å²) in [6.07, 6.45) is 8.81. The summed E-state index contributed by atoms with van der Waals surface area (Å²) in [6, 6.07) is 0. The van der Waals surface area contributed by atoms with Crippen LogP contribution < -0.4 is 0 Å². The fourth-order valence-corrected chi connectivity index (χ4v) is 4.98. The van der Waals surface area contributed by atoms with E-state index in [-0.39, 0.29) is 6.10 Å². The molecule has 1 heteroatoms. The van der Waals surface area contributed by atoms with Crippen molar-refractivity contribution in [1.29, 1.82) is 0 Å². The van der Waals surface area contributed by atoms with Crippen molar-refractivity contribution in [2.24, 2.45) is 35.5 Å². The Morgan fingerprint density at radius 1 is 0.923 bits per heavy atom. The third kappa shape index (κ3) is 0.665. The first-order valence-electron chi connectivity index (χ1n) is 5.71. The van der Waals surface area contributed by atoms with Gasteiger partial charge >= 0.3 is 0 Å². The molecule has 0 heterocycles. The SMILES string of the molecule is OC1CC2CC1C1C3C=CC(C3)C21. The maximum absolute atomic E-state index is 9.87. The number of rotatable bonds is 0. The van der Waals surface area contributed by atoms with Gasteiger partial charge in [0.15, 0.2) is 0 Å². The molecule has 4 bridgehead atoms. The molecule has 4 rings (SSSR count). The number of aliphatic hydroxyl groups excluding tert-OH is 1. The number of hydrogen-bond donors (Lipinski definition) is 1. The zero-order valence-electron chi connectivity index (χ0n) is 7.76. The highest BCUT2D eigenvalue weighted by atomic mass is 16.3. The molecule has 7 unspecified atom stereocenters. The summed E-state index contributed by atoms with van der Waals surface area (Å²) in [5.41, 5.74) is 0. The fourth-order valence-electron chi connectivity index (χ4n) is 4.98. The van der Waals surface area contributed by atoms with E-state index in [1.54, 1.807) is 0 Å². The van der Waals surface area contributed by atoms with Crippen molar-refractivity contribution in [2.45, 2.75) is 25.4 Å². The zero-order chi connectivity index (χ0) is 8.58. The second-order valence-electron chi connectivity index (χ2n) is 5.57. The summed E-state index contributed by atoms with van der Waals surface area (Å²) in [5, 5.41) is 9.87. The molecule has 4 aliphatic rings. The van der Waals surface area contributed by atoms with Crippen LogP contribution in [-0.4, -0.2) is 11.2 Å². The fraction of sp³-hybridized carbons (Fsp3) is 0.833. The normalized spacial score (nSPS) is 66.4. The molecule has 0 aromatic rings. The minimum atomic E-state index is 0.0546. The molecule has 1 N–H and O–H groups in total. The van der Waals surface area contributed by atoms with Crippen molar-refractivity contribution in [3.8, 4) is 0 Å². The van der Waals surface area contributed by atoms with Gasteiger partial charge in [-0.25, -0.2) is 0 Å². The Hall–Kier alpha value is -0.300. The van der Waals surface area contributed by atoms with Crippen LogP contribution in [0.2, 0.25) is 0 Å². The van der Waals surface area contributed by atoms with Crippen molar-refractivity contribution < 1.29 is 5.11 Å². The number of allylic oxidation sites excluding steroid dienone is 2. The summed E-state index contributed by atoms with van der Waals surface area (Å²) >= 11 is 0. The molecule has 1 nitrogen and oxygen atoms in total. The van der Waals surface area contributed by atoms with Crippen molar-refractivity contribution in [2.75, 3.05) is 0 Å². The van der Waals surface area contributed by atoms with E-state index in [4.69, 9.17) is 0 Å². The predicted octanol–water partition coefficient (Wildman–Crippen LogP) is 1.83. The van der Waals surface area contributed by atoms with Gasteiger partial charge in [0, 0.05) is 0 Å². The maximum Gasteiger partial charge on any atom is 0.0574 e. The molecular weight excluding hydrogens is 160 g/mol. The van der Waals surface area contributed by atoms with Gasteiger partial charge in [0.1, 0.15) is 0 Å². The van der Waals surface area contributed by atoms with Gasteiger partial charge in [0.05, 0.1) is 6.10 Å². The molecule has 70 valence electrons. The Labute approximate surface area is 78.8 Å². The Kier molecular flexibility index (Phi) is 1.10. The van der Waals surface area contributed by atoms with Gasteiger partial charge < -0.3 is 5.11 Å². The molecule has 0 saturated heterocycles. The summed E-state index contributed by atoms with van der Waals surface area (Å²) in [7, 11) is 0. The van der Waals surface area contributed by atoms with E-state index in [1.807, 2.05) is 0 Å². The monoisotopic (exact) mass is 176 g/mol. The standard InChI is InChI=1S/C12H16O/c13-10-5-8-4-9(10)12-7-2-1-6(3-7)11(8)12/h1-2,6-13H,3-5H2. The lowest BCUT2D eigenvalue weighted by Crippen LogP contribution is -2.33. The van der Waals surface area contributed by atoms with Gasteiger partial charge in [-0.05, 0) is 54.8 Å². The van der Waals surface area contributed by atoms with Gasteiger partial charge in [-0.15, -0.1) is 0 Å². The summed E-state index contributed by atoms with van der Waals surface area (Å²) in [4.78, 5) is 0. The molecule has 7 atom stereocenters. The smallest absolute Gasteiger partial charge is 0.0574 e. The lowest BCUT2D eigenvalue weighted by Gasteiger charge is -2.34. The summed E-state index contributed by atoms with van der Waals surface area (Å²) in [5.74, 6) is 5.16. The molecule has 13 heavy (non-hydrogen) atoms. The number of fused-ring (bicyclic) bond motifs is 9. The maximum atomic E-state index is 9.87. The molecule has 0 aromatic heterocycles. The second kappa shape index (κ2) is 2.03. The van der Waals surface area contributed by atoms with Gasteiger partial charge in [-0.2, -0.15) is 0 Å². The van der Waals surface area contributed by atoms with Crippen LogP contribution >= 0.6 is 0 Å². The van der Waals surface area contributed by atoms with Gasteiger partial charge in [0.25, 0.3) is 0 Å². The Morgan fingerprint density at radius 3 is 2.54 bits per heavy atom. The first-order chi connectivity index (χ1) is 6.34. The molecule has 3 saturated carbocycles. The van der Waals surface area contributed by atoms with E-state index in [0.717, 1.165) is 36.0 Å². The third-order valence-corrected chi connectivity index (χ3v) is 5.24. The molecule has 4 aliphatic carbocycles. The Morgan fingerprint density at radius 2 is 1.69 bits per heavy atom. The molecule has 0 aliphatic heterocycles. The minimum absolute atomic E-state index is 0.0546. The van der Waals surface area contributed by atoms with Crippen LogP contribution in [-0.2, 0) is 0 Å². The summed E-state index contributed by atoms with van der Waals surface area (Å²) in [6.45, 7) is 0. The van der Waals surface area contributed by atoms with Gasteiger partial charge in [-0.1, -0.05) is 12.2 Å². The van der Waals surface area contributed by atoms with E-state index in [2.05, 4.69) is 12.2 Å². The van der Waals surface area contributed by atoms with E-state index in [9.17, 15) is 5.11 Å². The van der Waals surface area contributed by atoms with Crippen LogP contribution in [0.3, 0.4) is 0 Å². The van der Waals surface area contributed by atoms with Crippen molar-refractivity contribution in [3.05, 3.63) is 12.2 Å². The quantitative estimate of drug-likeness (QED) is 0.441. The molecule has 0 amide bonds. The van der Waals surface area contributed by atoms with E-state index in [1.165, 1.54) is 12.8 Å². The first-order valence-corrected chi connectivity index (χ1v) is 5.71. The van der Waals surface area contributed by atoms with E-state index in [0.29, 0.717) is 5.92 Å². The lowest BCUT2D eigenvalue weighted by molar-refractivity contribution is 0.0484. The minimum Gasteiger partial charge on any atom is -0.393 e. The molecule has 3 fully saturated rings. The van der Waals surface area contributed by atoms with Crippen LogP contribution in [0.15, 0.2) is 12.2 Å². The van der Waals surface area contributed by atoms with E-state index < -0.39 is 0 Å². The summed E-state index contributed by atoms with van der Waals surface area (Å²) < 4.78 is 0. The Bertz CT molecular complexity index is 283. The number of aliphatic hydroxyl groups is 1. The Balaban J connectivity index is 1.79. The first kappa shape index (κ1) is 7.05. The van der Waals surface area contributed by atoms with E-state index >= 15 is 0 Å². The van der Waals surface area contributed by atoms with Crippen molar-refractivity contribution in [3.63, 3.8) is 0 Å². The highest BCUT2D eigenvalue weighted by molar-refractivity contribution is 5.20. The molecule has 0 radical (unpaired) electrons. The van der Waals surface area contributed by atoms with Gasteiger partial charge in [0.2, 0.25) is 0 Å². The highest BCUT2D eigenvalue weighted by Crippen LogP contribution is 2.65. The molecule has 0 aromatic carbocycles. The molecule has 0 spiro atoms. The van der Waals surface area contributed by atoms with Crippen LogP contribution in [0.4, 0.5) is 0 Å². The van der Waals surface area contributed by atoms with Gasteiger partial charge in [-0.3, -0.25) is 0 Å².